The molecule has 0 radical (unpaired) electrons. The lowest BCUT2D eigenvalue weighted by Crippen LogP contribution is -2.16. The summed E-state index contributed by atoms with van der Waals surface area (Å²) in [6.07, 6.45) is 0.937. The maximum Gasteiger partial charge on any atom is 0.341 e. The molecule has 0 aliphatic rings. The van der Waals surface area contributed by atoms with Crippen LogP contribution in [0.2, 0.25) is 0 Å². The Morgan fingerprint density at radius 3 is 2.42 bits per heavy atom. The fourth-order valence-corrected chi connectivity index (χ4v) is 4.51. The Hall–Kier alpha value is -2.67. The molecular formula is C24H31NO5S. The van der Waals surface area contributed by atoms with Crippen LogP contribution < -0.4 is 10.1 Å². The smallest absolute Gasteiger partial charge is 0.341 e. The fraction of sp³-hybridized carbons (Fsp3) is 0.458. The van der Waals surface area contributed by atoms with Gasteiger partial charge in [0.15, 0.2) is 0 Å². The Morgan fingerprint density at radius 2 is 1.84 bits per heavy atom. The largest absolute Gasteiger partial charge is 0.462 e. The maximum absolute atomic E-state index is 13.0. The number of thiophene rings is 1. The summed E-state index contributed by atoms with van der Waals surface area (Å²) in [5, 5.41) is 3.32. The third kappa shape index (κ3) is 6.66. The lowest BCUT2D eigenvalue weighted by atomic mass is 9.85. The number of benzene rings is 1. The molecule has 2 rings (SSSR count). The molecule has 168 valence electrons. The van der Waals surface area contributed by atoms with Gasteiger partial charge in [0.25, 0.3) is 5.91 Å². The molecule has 1 amide bonds. The summed E-state index contributed by atoms with van der Waals surface area (Å²) in [6, 6.07) is 6.75. The number of hydrogen-bond donors (Lipinski definition) is 1. The van der Waals surface area contributed by atoms with Crippen LogP contribution in [0.3, 0.4) is 0 Å². The molecule has 0 saturated carbocycles. The van der Waals surface area contributed by atoms with Gasteiger partial charge in [0.05, 0.1) is 12.2 Å². The van der Waals surface area contributed by atoms with Crippen LogP contribution in [0.15, 0.2) is 24.3 Å². The summed E-state index contributed by atoms with van der Waals surface area (Å²) in [7, 11) is 0. The van der Waals surface area contributed by atoms with Crippen molar-refractivity contribution in [3.8, 4) is 5.75 Å². The van der Waals surface area contributed by atoms with Gasteiger partial charge in [-0.1, -0.05) is 33.8 Å². The number of carbonyl (C=O) groups is 3. The van der Waals surface area contributed by atoms with Crippen molar-refractivity contribution in [2.45, 2.75) is 60.8 Å². The molecule has 1 heterocycles. The molecule has 31 heavy (non-hydrogen) atoms. The molecule has 6 nitrogen and oxygen atoms in total. The van der Waals surface area contributed by atoms with Crippen LogP contribution in [-0.4, -0.2) is 24.5 Å². The monoisotopic (exact) mass is 445 g/mol. The summed E-state index contributed by atoms with van der Waals surface area (Å²) in [5.41, 5.74) is 1.40. The minimum atomic E-state index is -0.464. The second-order valence-electron chi connectivity index (χ2n) is 8.75. The Labute approximate surface area is 187 Å². The van der Waals surface area contributed by atoms with Gasteiger partial charge in [0, 0.05) is 22.9 Å². The molecule has 0 aliphatic carbocycles. The Bertz CT molecular complexity index is 971. The Kier molecular flexibility index (Phi) is 8.01. The number of esters is 2. The van der Waals surface area contributed by atoms with E-state index >= 15 is 0 Å². The van der Waals surface area contributed by atoms with Crippen LogP contribution in [0.5, 0.6) is 5.75 Å². The molecule has 0 fully saturated rings. The lowest BCUT2D eigenvalue weighted by Gasteiger charge is -2.22. The van der Waals surface area contributed by atoms with E-state index in [1.807, 2.05) is 6.07 Å². The summed E-state index contributed by atoms with van der Waals surface area (Å²) >= 11 is 1.39. The van der Waals surface area contributed by atoms with Crippen molar-refractivity contribution in [1.82, 2.24) is 0 Å². The van der Waals surface area contributed by atoms with Gasteiger partial charge in [-0.05, 0) is 49.8 Å². The quantitative estimate of drug-likeness (QED) is 0.421. The molecule has 0 bridgehead atoms. The second-order valence-corrected chi connectivity index (χ2v) is 9.84. The van der Waals surface area contributed by atoms with Crippen molar-refractivity contribution in [2.75, 3.05) is 11.9 Å². The Balaban J connectivity index is 2.37. The summed E-state index contributed by atoms with van der Waals surface area (Å²) in [4.78, 5) is 37.9. The van der Waals surface area contributed by atoms with E-state index in [1.165, 1.54) is 18.3 Å². The minimum Gasteiger partial charge on any atom is -0.462 e. The van der Waals surface area contributed by atoms with E-state index in [-0.39, 0.29) is 23.8 Å². The normalized spacial score (nSPS) is 12.2. The van der Waals surface area contributed by atoms with Gasteiger partial charge in [-0.3, -0.25) is 9.59 Å². The molecule has 1 aromatic heterocycles. The van der Waals surface area contributed by atoms with Gasteiger partial charge >= 0.3 is 11.9 Å². The molecule has 1 atom stereocenters. The highest BCUT2D eigenvalue weighted by atomic mass is 32.1. The molecular weight excluding hydrogens is 414 g/mol. The number of ether oxygens (including phenoxy) is 2. The van der Waals surface area contributed by atoms with Crippen molar-refractivity contribution in [3.63, 3.8) is 0 Å². The molecule has 0 aliphatic heterocycles. The highest BCUT2D eigenvalue weighted by Crippen LogP contribution is 2.39. The topological polar surface area (TPSA) is 81.7 Å². The van der Waals surface area contributed by atoms with Crippen LogP contribution in [0.25, 0.3) is 0 Å². The molecule has 0 unspecified atom stereocenters. The number of carbonyl (C=O) groups excluding carboxylic acids is 3. The van der Waals surface area contributed by atoms with Crippen molar-refractivity contribution in [2.24, 2.45) is 5.41 Å². The van der Waals surface area contributed by atoms with Crippen molar-refractivity contribution in [1.29, 1.82) is 0 Å². The number of hydrogen-bond acceptors (Lipinski definition) is 6. The van der Waals surface area contributed by atoms with E-state index in [4.69, 9.17) is 9.47 Å². The van der Waals surface area contributed by atoms with E-state index in [1.54, 1.807) is 32.0 Å². The summed E-state index contributed by atoms with van der Waals surface area (Å²) in [5.74, 6) is -0.752. The van der Waals surface area contributed by atoms with Crippen LogP contribution in [0, 0.1) is 12.3 Å². The number of anilines is 1. The van der Waals surface area contributed by atoms with Crippen molar-refractivity contribution in [3.05, 3.63) is 45.8 Å². The average molecular weight is 446 g/mol. The van der Waals surface area contributed by atoms with Gasteiger partial charge in [-0.25, -0.2) is 4.79 Å². The number of nitrogens with one attached hydrogen (secondary N) is 1. The van der Waals surface area contributed by atoms with E-state index in [0.717, 1.165) is 11.3 Å². The second kappa shape index (κ2) is 10.1. The molecule has 7 heteroatoms. The first-order chi connectivity index (χ1) is 14.4. The lowest BCUT2D eigenvalue weighted by molar-refractivity contribution is -0.131. The first-order valence-electron chi connectivity index (χ1n) is 10.3. The predicted molar refractivity (Wildman–Crippen MR) is 123 cm³/mol. The maximum atomic E-state index is 13.0. The SMILES string of the molecule is CCOC(=O)c1cc([C@@H](C)CC(C)(C)C)sc1NC(=O)c1cccc(OC(C)=O)c1C. The standard InChI is InChI=1S/C24H31NO5S/c1-8-29-23(28)18-12-20(14(2)13-24(5,6)7)31-22(18)25-21(27)17-10-9-11-19(15(17)3)30-16(4)26/h9-12,14H,8,13H2,1-7H3,(H,25,27)/t14-/m0/s1. The Morgan fingerprint density at radius 1 is 1.16 bits per heavy atom. The van der Waals surface area contributed by atoms with Crippen LogP contribution in [-0.2, 0) is 9.53 Å². The highest BCUT2D eigenvalue weighted by molar-refractivity contribution is 7.16. The van der Waals surface area contributed by atoms with Gasteiger partial charge in [0.1, 0.15) is 10.8 Å². The zero-order valence-electron chi connectivity index (χ0n) is 19.3. The van der Waals surface area contributed by atoms with E-state index < -0.39 is 11.9 Å². The first-order valence-corrected chi connectivity index (χ1v) is 11.1. The van der Waals surface area contributed by atoms with Crippen LogP contribution in [0.1, 0.15) is 85.0 Å². The van der Waals surface area contributed by atoms with E-state index in [0.29, 0.717) is 27.4 Å². The molecule has 1 N–H and O–H groups in total. The van der Waals surface area contributed by atoms with Crippen LogP contribution >= 0.6 is 11.3 Å². The molecule has 0 spiro atoms. The van der Waals surface area contributed by atoms with Gasteiger partial charge in [0.2, 0.25) is 0 Å². The molecule has 1 aromatic carbocycles. The first kappa shape index (κ1) is 24.6. The van der Waals surface area contributed by atoms with Gasteiger partial charge in [-0.15, -0.1) is 11.3 Å². The molecule has 2 aromatic rings. The van der Waals surface area contributed by atoms with E-state index in [9.17, 15) is 14.4 Å². The predicted octanol–water partition coefficient (Wildman–Crippen LogP) is 5.95. The number of amides is 1. The van der Waals surface area contributed by atoms with Gasteiger partial charge in [-0.2, -0.15) is 0 Å². The molecule has 0 saturated heterocycles. The zero-order chi connectivity index (χ0) is 23.3. The van der Waals surface area contributed by atoms with Crippen molar-refractivity contribution >= 4 is 34.2 Å². The van der Waals surface area contributed by atoms with Gasteiger partial charge < -0.3 is 14.8 Å². The number of rotatable bonds is 7. The average Bonchev–Trinajstić information content (AvgIpc) is 3.06. The highest BCUT2D eigenvalue weighted by Gasteiger charge is 2.25. The summed E-state index contributed by atoms with van der Waals surface area (Å²) in [6.45, 7) is 13.6. The fourth-order valence-electron chi connectivity index (χ4n) is 3.42. The minimum absolute atomic E-state index is 0.130. The van der Waals surface area contributed by atoms with Crippen LogP contribution in [0.4, 0.5) is 5.00 Å². The summed E-state index contributed by atoms with van der Waals surface area (Å²) < 4.78 is 10.4. The third-order valence-corrected chi connectivity index (χ3v) is 5.94. The zero-order valence-corrected chi connectivity index (χ0v) is 20.1. The van der Waals surface area contributed by atoms with E-state index in [2.05, 4.69) is 33.0 Å². The third-order valence-electron chi connectivity index (χ3n) is 4.66. The van der Waals surface area contributed by atoms with Crippen molar-refractivity contribution < 1.29 is 23.9 Å².